The van der Waals surface area contributed by atoms with Gasteiger partial charge in [0.1, 0.15) is 34.7 Å². The Kier molecular flexibility index (Phi) is 5.12. The minimum Gasteiger partial charge on any atom is -0.508 e. The molecule has 4 rings (SSSR count). The maximum atomic E-state index is 13.0. The summed E-state index contributed by atoms with van der Waals surface area (Å²) in [7, 11) is 0. The van der Waals surface area contributed by atoms with Crippen molar-refractivity contribution in [2.75, 3.05) is 0 Å². The number of phenols is 3. The molecule has 3 aromatic rings. The summed E-state index contributed by atoms with van der Waals surface area (Å²) in [6.45, 7) is 0. The molecule has 0 saturated carbocycles. The number of aromatic hydroxyl groups is 3. The van der Waals surface area contributed by atoms with Gasteiger partial charge in [-0.15, -0.1) is 0 Å². The number of phenolic OH excluding ortho intramolecular Hbond substituents is 3. The van der Waals surface area contributed by atoms with Crippen molar-refractivity contribution < 1.29 is 24.9 Å². The van der Waals surface area contributed by atoms with Crippen molar-refractivity contribution in [1.29, 1.82) is 0 Å². The van der Waals surface area contributed by atoms with E-state index in [-0.39, 0.29) is 46.9 Å². The van der Waals surface area contributed by atoms with Crippen LogP contribution in [0.3, 0.4) is 0 Å². The Bertz CT molecular complexity index is 1030. The average molecular weight is 390 g/mol. The van der Waals surface area contributed by atoms with Crippen LogP contribution in [0.25, 0.3) is 0 Å². The number of hydrogen-bond acceptors (Lipinski definition) is 5. The fourth-order valence-corrected chi connectivity index (χ4v) is 3.74. The lowest BCUT2D eigenvalue weighted by Gasteiger charge is -2.29. The number of Topliss-reactive ketones (excluding diaryl/α,β-unsaturated/α-hetero) is 1. The number of ketones is 1. The number of fused-ring (bicyclic) bond motifs is 1. The Labute approximate surface area is 168 Å². The van der Waals surface area contributed by atoms with Crippen molar-refractivity contribution in [3.05, 3.63) is 82.9 Å². The molecule has 0 amide bonds. The molecule has 1 heterocycles. The van der Waals surface area contributed by atoms with E-state index in [0.717, 1.165) is 11.1 Å². The van der Waals surface area contributed by atoms with E-state index in [1.165, 1.54) is 6.07 Å². The molecule has 148 valence electrons. The van der Waals surface area contributed by atoms with Gasteiger partial charge in [-0.2, -0.15) is 0 Å². The van der Waals surface area contributed by atoms with Gasteiger partial charge in [0.2, 0.25) is 0 Å². The van der Waals surface area contributed by atoms with E-state index in [1.54, 1.807) is 24.3 Å². The van der Waals surface area contributed by atoms with E-state index < -0.39 is 0 Å². The number of carbonyl (C=O) groups is 1. The standard InChI is InChI=1S/C24H22O5/c25-17-9-7-16(8-10-17)22-13-11-18-20(27)14-21(28)23(24(18)29-22)19(26)12-6-15-4-2-1-3-5-15/h1-5,7-10,14,22,25,27-28H,6,11-13H2/t22-/m1/s1. The molecule has 29 heavy (non-hydrogen) atoms. The highest BCUT2D eigenvalue weighted by Crippen LogP contribution is 2.45. The van der Waals surface area contributed by atoms with Crippen molar-refractivity contribution in [3.63, 3.8) is 0 Å². The Balaban J connectivity index is 1.63. The first-order valence-corrected chi connectivity index (χ1v) is 9.63. The van der Waals surface area contributed by atoms with Gasteiger partial charge in [-0.1, -0.05) is 42.5 Å². The molecular weight excluding hydrogens is 368 g/mol. The van der Waals surface area contributed by atoms with E-state index in [1.807, 2.05) is 30.3 Å². The molecule has 0 bridgehead atoms. The first-order chi connectivity index (χ1) is 14.0. The van der Waals surface area contributed by atoms with Crippen LogP contribution in [-0.4, -0.2) is 21.1 Å². The quantitative estimate of drug-likeness (QED) is 0.551. The molecule has 5 heteroatoms. The van der Waals surface area contributed by atoms with Crippen molar-refractivity contribution in [1.82, 2.24) is 0 Å². The van der Waals surface area contributed by atoms with Crippen molar-refractivity contribution in [2.45, 2.75) is 31.8 Å². The Hall–Kier alpha value is -3.47. The van der Waals surface area contributed by atoms with Gasteiger partial charge < -0.3 is 20.1 Å². The van der Waals surface area contributed by atoms with E-state index in [4.69, 9.17) is 4.74 Å². The molecule has 3 aromatic carbocycles. The Morgan fingerprint density at radius 3 is 2.41 bits per heavy atom. The van der Waals surface area contributed by atoms with Gasteiger partial charge >= 0.3 is 0 Å². The second-order valence-electron chi connectivity index (χ2n) is 7.24. The summed E-state index contributed by atoms with van der Waals surface area (Å²) in [6.07, 6.45) is 1.59. The number of carbonyl (C=O) groups excluding carboxylic acids is 1. The molecule has 0 saturated heterocycles. The van der Waals surface area contributed by atoms with Crippen LogP contribution >= 0.6 is 0 Å². The van der Waals surface area contributed by atoms with Crippen LogP contribution in [0.4, 0.5) is 0 Å². The first kappa shape index (κ1) is 18.9. The highest BCUT2D eigenvalue weighted by atomic mass is 16.5. The Morgan fingerprint density at radius 2 is 1.69 bits per heavy atom. The number of ether oxygens (including phenoxy) is 1. The van der Waals surface area contributed by atoms with Gasteiger partial charge in [-0.05, 0) is 42.5 Å². The number of aryl methyl sites for hydroxylation is 1. The summed E-state index contributed by atoms with van der Waals surface area (Å²) in [6, 6.07) is 17.6. The maximum absolute atomic E-state index is 13.0. The number of rotatable bonds is 5. The zero-order chi connectivity index (χ0) is 20.4. The molecule has 1 aliphatic rings. The second kappa shape index (κ2) is 7.87. The molecule has 0 radical (unpaired) electrons. The van der Waals surface area contributed by atoms with Crippen molar-refractivity contribution in [3.8, 4) is 23.0 Å². The van der Waals surface area contributed by atoms with Gasteiger partial charge in [0.05, 0.1) is 0 Å². The average Bonchev–Trinajstić information content (AvgIpc) is 2.73. The normalized spacial score (nSPS) is 15.4. The summed E-state index contributed by atoms with van der Waals surface area (Å²) < 4.78 is 6.10. The van der Waals surface area contributed by atoms with Gasteiger partial charge in [0.25, 0.3) is 0 Å². The lowest BCUT2D eigenvalue weighted by atomic mass is 9.92. The SMILES string of the molecule is O=C(CCc1ccccc1)c1c(O)cc(O)c2c1O[C@@H](c1ccc(O)cc1)CC2. The molecule has 0 fully saturated rings. The molecule has 1 aliphatic heterocycles. The summed E-state index contributed by atoms with van der Waals surface area (Å²) in [4.78, 5) is 13.0. The van der Waals surface area contributed by atoms with Gasteiger partial charge in [0.15, 0.2) is 5.78 Å². The largest absolute Gasteiger partial charge is 0.508 e. The fourth-order valence-electron chi connectivity index (χ4n) is 3.74. The van der Waals surface area contributed by atoms with E-state index in [2.05, 4.69) is 0 Å². The molecule has 0 aromatic heterocycles. The lowest BCUT2D eigenvalue weighted by molar-refractivity contribution is 0.0967. The summed E-state index contributed by atoms with van der Waals surface area (Å²) in [5.41, 5.74) is 2.56. The molecule has 1 atom stereocenters. The van der Waals surface area contributed by atoms with Crippen LogP contribution in [0.1, 0.15) is 46.0 Å². The topological polar surface area (TPSA) is 87.0 Å². The third-order valence-corrected chi connectivity index (χ3v) is 5.28. The predicted octanol–water partition coefficient (Wildman–Crippen LogP) is 4.69. The molecule has 5 nitrogen and oxygen atoms in total. The third kappa shape index (κ3) is 3.90. The summed E-state index contributed by atoms with van der Waals surface area (Å²) in [5.74, 6) is -0.150. The monoisotopic (exact) mass is 390 g/mol. The highest BCUT2D eigenvalue weighted by molar-refractivity contribution is 6.02. The van der Waals surface area contributed by atoms with Crippen molar-refractivity contribution >= 4 is 5.78 Å². The smallest absolute Gasteiger partial charge is 0.170 e. The second-order valence-corrected chi connectivity index (χ2v) is 7.24. The van der Waals surface area contributed by atoms with Crippen LogP contribution in [0, 0.1) is 0 Å². The first-order valence-electron chi connectivity index (χ1n) is 9.63. The molecule has 0 aliphatic carbocycles. The lowest BCUT2D eigenvalue weighted by Crippen LogP contribution is -2.18. The van der Waals surface area contributed by atoms with Crippen LogP contribution < -0.4 is 4.74 Å². The number of benzene rings is 3. The van der Waals surface area contributed by atoms with Crippen LogP contribution in [-0.2, 0) is 12.8 Å². The van der Waals surface area contributed by atoms with Gasteiger partial charge in [-0.25, -0.2) is 0 Å². The van der Waals surface area contributed by atoms with Crippen molar-refractivity contribution in [2.24, 2.45) is 0 Å². The maximum Gasteiger partial charge on any atom is 0.170 e. The zero-order valence-electron chi connectivity index (χ0n) is 15.8. The predicted molar refractivity (Wildman–Crippen MR) is 109 cm³/mol. The van der Waals surface area contributed by atoms with Crippen LogP contribution in [0.5, 0.6) is 23.0 Å². The van der Waals surface area contributed by atoms with Crippen LogP contribution in [0.15, 0.2) is 60.7 Å². The summed E-state index contributed by atoms with van der Waals surface area (Å²) >= 11 is 0. The van der Waals surface area contributed by atoms with E-state index >= 15 is 0 Å². The van der Waals surface area contributed by atoms with E-state index in [9.17, 15) is 20.1 Å². The zero-order valence-corrected chi connectivity index (χ0v) is 15.8. The summed E-state index contributed by atoms with van der Waals surface area (Å²) in [5, 5.41) is 30.2. The fraction of sp³-hybridized carbons (Fsp3) is 0.208. The third-order valence-electron chi connectivity index (χ3n) is 5.28. The highest BCUT2D eigenvalue weighted by Gasteiger charge is 2.30. The van der Waals surface area contributed by atoms with Gasteiger partial charge in [0, 0.05) is 18.1 Å². The Morgan fingerprint density at radius 1 is 0.966 bits per heavy atom. The van der Waals surface area contributed by atoms with Gasteiger partial charge in [-0.3, -0.25) is 4.79 Å². The molecule has 3 N–H and O–H groups in total. The van der Waals surface area contributed by atoms with E-state index in [0.29, 0.717) is 24.8 Å². The minimum absolute atomic E-state index is 0.0683. The molecule has 0 spiro atoms. The molecular formula is C24H22O5. The molecule has 0 unspecified atom stereocenters. The minimum atomic E-state index is -0.329. The van der Waals surface area contributed by atoms with Crippen LogP contribution in [0.2, 0.25) is 0 Å². The number of hydrogen-bond donors (Lipinski definition) is 3.